The summed E-state index contributed by atoms with van der Waals surface area (Å²) in [6, 6.07) is 25.9. The molecule has 0 aliphatic heterocycles. The molecule has 3 aromatic carbocycles. The summed E-state index contributed by atoms with van der Waals surface area (Å²) < 4.78 is 0. The third-order valence-corrected chi connectivity index (χ3v) is 4.22. The van der Waals surface area contributed by atoms with Crippen molar-refractivity contribution in [3.8, 4) is 0 Å². The maximum Gasteiger partial charge on any atom is 0.159 e. The lowest BCUT2D eigenvalue weighted by molar-refractivity contribution is 0.101. The molecule has 0 N–H and O–H groups in total. The van der Waals surface area contributed by atoms with Crippen LogP contribution in [0.4, 0.5) is 11.4 Å². The molecule has 0 aliphatic carbocycles. The molecule has 3 aromatic rings. The average molecular weight is 342 g/mol. The number of hydrogen-bond acceptors (Lipinski definition) is 3. The summed E-state index contributed by atoms with van der Waals surface area (Å²) in [4.78, 5) is 18.5. The number of ketones is 1. The second-order valence-electron chi connectivity index (χ2n) is 6.37. The SMILES string of the molecule is CC(=O)c1ccc(C(=Nc2ccc(N(C)C)cc2)c2ccccc2)cc1. The third kappa shape index (κ3) is 4.06. The van der Waals surface area contributed by atoms with Gasteiger partial charge in [-0.3, -0.25) is 4.79 Å². The van der Waals surface area contributed by atoms with E-state index in [1.54, 1.807) is 6.92 Å². The van der Waals surface area contributed by atoms with Gasteiger partial charge in [-0.2, -0.15) is 0 Å². The third-order valence-electron chi connectivity index (χ3n) is 4.22. The number of hydrogen-bond donors (Lipinski definition) is 0. The molecule has 3 rings (SSSR count). The van der Waals surface area contributed by atoms with Gasteiger partial charge in [0.25, 0.3) is 0 Å². The molecule has 3 heteroatoms. The quantitative estimate of drug-likeness (QED) is 0.476. The van der Waals surface area contributed by atoms with Crippen LogP contribution in [0.1, 0.15) is 28.4 Å². The van der Waals surface area contributed by atoms with Crippen LogP contribution in [0.3, 0.4) is 0 Å². The number of rotatable bonds is 5. The summed E-state index contributed by atoms with van der Waals surface area (Å²) in [5.41, 5.74) is 5.65. The van der Waals surface area contributed by atoms with Crippen molar-refractivity contribution in [1.82, 2.24) is 0 Å². The molecule has 3 nitrogen and oxygen atoms in total. The second-order valence-corrected chi connectivity index (χ2v) is 6.37. The lowest BCUT2D eigenvalue weighted by Gasteiger charge is -2.12. The van der Waals surface area contributed by atoms with Gasteiger partial charge in [-0.15, -0.1) is 0 Å². The van der Waals surface area contributed by atoms with Crippen LogP contribution in [0.15, 0.2) is 83.9 Å². The lowest BCUT2D eigenvalue weighted by atomic mass is 10.00. The lowest BCUT2D eigenvalue weighted by Crippen LogP contribution is -2.07. The summed E-state index contributed by atoms with van der Waals surface area (Å²) in [6.45, 7) is 1.58. The molecule has 0 radical (unpaired) electrons. The predicted octanol–water partition coefficient (Wildman–Crippen LogP) is 5.12. The monoisotopic (exact) mass is 342 g/mol. The molecule has 0 saturated heterocycles. The number of benzene rings is 3. The molecule has 0 heterocycles. The molecule has 0 aromatic heterocycles. The maximum atomic E-state index is 11.5. The highest BCUT2D eigenvalue weighted by atomic mass is 16.1. The van der Waals surface area contributed by atoms with Crippen molar-refractivity contribution in [3.63, 3.8) is 0 Å². The molecule has 0 fully saturated rings. The summed E-state index contributed by atoms with van der Waals surface area (Å²) in [7, 11) is 4.04. The molecule has 26 heavy (non-hydrogen) atoms. The summed E-state index contributed by atoms with van der Waals surface area (Å²) in [5, 5.41) is 0. The zero-order chi connectivity index (χ0) is 18.5. The summed E-state index contributed by atoms with van der Waals surface area (Å²) >= 11 is 0. The Hall–Kier alpha value is -3.20. The number of aliphatic imine (C=N–C) groups is 1. The largest absolute Gasteiger partial charge is 0.378 e. The van der Waals surface area contributed by atoms with Gasteiger partial charge in [0, 0.05) is 36.5 Å². The van der Waals surface area contributed by atoms with Crippen molar-refractivity contribution in [2.24, 2.45) is 4.99 Å². The fourth-order valence-electron chi connectivity index (χ4n) is 2.71. The first kappa shape index (κ1) is 17.6. The number of carbonyl (C=O) groups excluding carboxylic acids is 1. The zero-order valence-corrected chi connectivity index (χ0v) is 15.3. The smallest absolute Gasteiger partial charge is 0.159 e. The molecule has 0 unspecified atom stereocenters. The number of anilines is 1. The van der Waals surface area contributed by atoms with Crippen molar-refractivity contribution in [3.05, 3.63) is 95.6 Å². The molecule has 0 aliphatic rings. The Morgan fingerprint density at radius 2 is 1.27 bits per heavy atom. The predicted molar refractivity (Wildman–Crippen MR) is 109 cm³/mol. The Balaban J connectivity index is 2.05. The van der Waals surface area contributed by atoms with Crippen LogP contribution >= 0.6 is 0 Å². The van der Waals surface area contributed by atoms with E-state index in [1.807, 2.05) is 80.8 Å². The molecular formula is C23H22N2O. The van der Waals surface area contributed by atoms with Gasteiger partial charge in [0.15, 0.2) is 5.78 Å². The minimum absolute atomic E-state index is 0.0639. The van der Waals surface area contributed by atoms with Crippen molar-refractivity contribution >= 4 is 22.9 Å². The molecule has 0 saturated carbocycles. The first-order valence-corrected chi connectivity index (χ1v) is 8.57. The van der Waals surface area contributed by atoms with E-state index in [4.69, 9.17) is 4.99 Å². The topological polar surface area (TPSA) is 32.7 Å². The standard InChI is InChI=1S/C23H22N2O/c1-17(26)18-9-11-20(12-10-18)23(19-7-5-4-6-8-19)24-21-13-15-22(16-14-21)25(2)3/h4-16H,1-3H3. The van der Waals surface area contributed by atoms with E-state index in [1.165, 1.54) is 0 Å². The summed E-state index contributed by atoms with van der Waals surface area (Å²) in [6.07, 6.45) is 0. The van der Waals surface area contributed by atoms with Crippen molar-refractivity contribution in [1.29, 1.82) is 0 Å². The molecule has 0 amide bonds. The minimum Gasteiger partial charge on any atom is -0.378 e. The first-order valence-electron chi connectivity index (χ1n) is 8.57. The first-order chi connectivity index (χ1) is 12.5. The van der Waals surface area contributed by atoms with E-state index >= 15 is 0 Å². The van der Waals surface area contributed by atoms with Crippen LogP contribution in [0.2, 0.25) is 0 Å². The number of carbonyl (C=O) groups is 1. The molecular weight excluding hydrogens is 320 g/mol. The van der Waals surface area contributed by atoms with Gasteiger partial charge in [-0.25, -0.2) is 4.99 Å². The molecule has 0 atom stereocenters. The van der Waals surface area contributed by atoms with E-state index < -0.39 is 0 Å². The van der Waals surface area contributed by atoms with Crippen LogP contribution in [-0.2, 0) is 0 Å². The minimum atomic E-state index is 0.0639. The Morgan fingerprint density at radius 1 is 0.731 bits per heavy atom. The van der Waals surface area contributed by atoms with Crippen LogP contribution in [0.25, 0.3) is 0 Å². The van der Waals surface area contributed by atoms with Crippen LogP contribution in [-0.4, -0.2) is 25.6 Å². The average Bonchev–Trinajstić information content (AvgIpc) is 2.67. The highest BCUT2D eigenvalue weighted by Crippen LogP contribution is 2.22. The van der Waals surface area contributed by atoms with Crippen LogP contribution < -0.4 is 4.90 Å². The van der Waals surface area contributed by atoms with Gasteiger partial charge < -0.3 is 4.90 Å². The van der Waals surface area contributed by atoms with Gasteiger partial charge in [-0.1, -0.05) is 54.6 Å². The van der Waals surface area contributed by atoms with Crippen LogP contribution in [0, 0.1) is 0 Å². The highest BCUT2D eigenvalue weighted by molar-refractivity contribution is 6.14. The van der Waals surface area contributed by atoms with Crippen molar-refractivity contribution in [2.45, 2.75) is 6.92 Å². The van der Waals surface area contributed by atoms with E-state index in [-0.39, 0.29) is 5.78 Å². The fraction of sp³-hybridized carbons (Fsp3) is 0.130. The van der Waals surface area contributed by atoms with Gasteiger partial charge in [0.2, 0.25) is 0 Å². The fourth-order valence-corrected chi connectivity index (χ4v) is 2.71. The normalized spacial score (nSPS) is 11.3. The Morgan fingerprint density at radius 3 is 1.81 bits per heavy atom. The van der Waals surface area contributed by atoms with E-state index in [2.05, 4.69) is 17.0 Å². The van der Waals surface area contributed by atoms with Gasteiger partial charge in [0.1, 0.15) is 0 Å². The van der Waals surface area contributed by atoms with E-state index in [0.717, 1.165) is 28.2 Å². The zero-order valence-electron chi connectivity index (χ0n) is 15.3. The van der Waals surface area contributed by atoms with Gasteiger partial charge in [0.05, 0.1) is 11.4 Å². The van der Waals surface area contributed by atoms with Gasteiger partial charge >= 0.3 is 0 Å². The van der Waals surface area contributed by atoms with E-state index in [0.29, 0.717) is 5.56 Å². The van der Waals surface area contributed by atoms with Crippen molar-refractivity contribution < 1.29 is 4.79 Å². The second kappa shape index (κ2) is 7.79. The van der Waals surface area contributed by atoms with Gasteiger partial charge in [-0.05, 0) is 31.2 Å². The Labute approximate surface area is 154 Å². The maximum absolute atomic E-state index is 11.5. The summed E-state index contributed by atoms with van der Waals surface area (Å²) in [5.74, 6) is 0.0639. The number of Topliss-reactive ketones (excluding diaryl/α,β-unsaturated/α-hetero) is 1. The highest BCUT2D eigenvalue weighted by Gasteiger charge is 2.08. The molecule has 0 spiro atoms. The number of nitrogens with zero attached hydrogens (tertiary/aromatic N) is 2. The Kier molecular flexibility index (Phi) is 5.28. The Bertz CT molecular complexity index is 909. The molecule has 0 bridgehead atoms. The van der Waals surface area contributed by atoms with Crippen molar-refractivity contribution in [2.75, 3.05) is 19.0 Å². The van der Waals surface area contributed by atoms with E-state index in [9.17, 15) is 4.79 Å². The molecule has 130 valence electrons. The van der Waals surface area contributed by atoms with Crippen LogP contribution in [0.5, 0.6) is 0 Å².